The molecule has 3 aromatic rings. The zero-order chi connectivity index (χ0) is 28.9. The van der Waals surface area contributed by atoms with E-state index in [4.69, 9.17) is 19.6 Å². The average Bonchev–Trinajstić information content (AvgIpc) is 2.84. The topological polar surface area (TPSA) is 147 Å². The van der Waals surface area contributed by atoms with E-state index < -0.39 is 20.2 Å². The second-order valence-corrected chi connectivity index (χ2v) is 11.2. The first-order chi connectivity index (χ1) is 17.7. The quantitative estimate of drug-likeness (QED) is 0.196. The predicted molar refractivity (Wildman–Crippen MR) is 152 cm³/mol. The Bertz CT molecular complexity index is 1270. The molecule has 0 radical (unpaired) electrons. The van der Waals surface area contributed by atoms with Gasteiger partial charge in [-0.2, -0.15) is 16.8 Å². The van der Waals surface area contributed by atoms with Crippen molar-refractivity contribution in [1.29, 1.82) is 0 Å². The van der Waals surface area contributed by atoms with Gasteiger partial charge in [-0.1, -0.05) is 35.4 Å². The van der Waals surface area contributed by atoms with Crippen molar-refractivity contribution >= 4 is 31.6 Å². The highest BCUT2D eigenvalue weighted by atomic mass is 32.2. The summed E-state index contributed by atoms with van der Waals surface area (Å²) >= 11 is 0. The van der Waals surface area contributed by atoms with E-state index in [2.05, 4.69) is 24.0 Å². The molecule has 4 N–H and O–H groups in total. The summed E-state index contributed by atoms with van der Waals surface area (Å²) in [5.41, 5.74) is 10.9. The number of nitrogens with zero attached hydrogens (tertiary/aromatic N) is 1. The van der Waals surface area contributed by atoms with Crippen LogP contribution >= 0.6 is 0 Å². The molecule has 0 unspecified atom stereocenters. The maximum Gasteiger partial charge on any atom is 0.294 e. The van der Waals surface area contributed by atoms with Crippen LogP contribution in [0, 0.1) is 20.8 Å². The van der Waals surface area contributed by atoms with Gasteiger partial charge in [0, 0.05) is 31.1 Å². The fourth-order valence-corrected chi connectivity index (χ4v) is 4.03. The number of anilines is 2. The summed E-state index contributed by atoms with van der Waals surface area (Å²) in [5, 5.41) is 0. The summed E-state index contributed by atoms with van der Waals surface area (Å²) in [6.07, 6.45) is 0. The van der Waals surface area contributed by atoms with Gasteiger partial charge in [0.25, 0.3) is 20.2 Å². The summed E-state index contributed by atoms with van der Waals surface area (Å²) < 4.78 is 64.5. The number of hydrogen-bond acceptors (Lipinski definition) is 7. The Balaban J connectivity index is 0.000000293. The molecule has 0 fully saturated rings. The molecule has 3 aromatic carbocycles. The Morgan fingerprint density at radius 3 is 1.55 bits per heavy atom. The molecule has 0 atom stereocenters. The number of likely N-dealkylation sites (N-methyl/N-ethyl adjacent to an activating group) is 1. The second-order valence-electron chi connectivity index (χ2n) is 8.39. The van der Waals surface area contributed by atoms with Crippen LogP contribution in [0.5, 0.6) is 0 Å². The molecule has 0 aliphatic heterocycles. The first-order valence-corrected chi connectivity index (χ1v) is 14.8. The molecular weight excluding hydrogens is 528 g/mol. The molecule has 0 heterocycles. The van der Waals surface area contributed by atoms with Crippen LogP contribution in [0.2, 0.25) is 0 Å². The molecule has 0 aliphatic carbocycles. The van der Waals surface area contributed by atoms with Gasteiger partial charge < -0.3 is 15.4 Å². The molecule has 11 heteroatoms. The SMILES string of the molecule is CCOCCN(CC)c1ccc(N)c(C)c1.Cc1ccc(S(=O)(=O)O)cc1.Cc1ccc(S(=O)(=O)O)cc1. The zero-order valence-electron chi connectivity index (χ0n) is 22.5. The van der Waals surface area contributed by atoms with Crippen LogP contribution < -0.4 is 10.6 Å². The van der Waals surface area contributed by atoms with Crippen molar-refractivity contribution < 1.29 is 30.7 Å². The number of hydrogen-bond donors (Lipinski definition) is 3. The summed E-state index contributed by atoms with van der Waals surface area (Å²) in [6.45, 7) is 13.3. The van der Waals surface area contributed by atoms with E-state index >= 15 is 0 Å². The van der Waals surface area contributed by atoms with Gasteiger partial charge in [0.15, 0.2) is 0 Å². The van der Waals surface area contributed by atoms with Crippen LogP contribution in [0.3, 0.4) is 0 Å². The molecule has 0 amide bonds. The fraction of sp³-hybridized carbons (Fsp3) is 0.333. The summed E-state index contributed by atoms with van der Waals surface area (Å²) in [4.78, 5) is 2.16. The molecular formula is C27H38N2O7S2. The molecule has 9 nitrogen and oxygen atoms in total. The molecule has 0 aliphatic rings. The predicted octanol–water partition coefficient (Wildman–Crippen LogP) is 4.92. The van der Waals surface area contributed by atoms with Crippen molar-refractivity contribution in [2.24, 2.45) is 0 Å². The highest BCUT2D eigenvalue weighted by Crippen LogP contribution is 2.20. The third-order valence-electron chi connectivity index (χ3n) is 5.35. The molecule has 3 rings (SSSR count). The van der Waals surface area contributed by atoms with Crippen molar-refractivity contribution in [3.63, 3.8) is 0 Å². The number of ether oxygens (including phenoxy) is 1. The van der Waals surface area contributed by atoms with Crippen LogP contribution in [0.4, 0.5) is 11.4 Å². The zero-order valence-corrected chi connectivity index (χ0v) is 24.1. The largest absolute Gasteiger partial charge is 0.399 e. The molecule has 0 saturated carbocycles. The minimum absolute atomic E-state index is 0.0666. The lowest BCUT2D eigenvalue weighted by molar-refractivity contribution is 0.154. The van der Waals surface area contributed by atoms with E-state index in [-0.39, 0.29) is 9.79 Å². The first-order valence-electron chi connectivity index (χ1n) is 12.0. The molecule has 38 heavy (non-hydrogen) atoms. The first kappa shape index (κ1) is 33.1. The lowest BCUT2D eigenvalue weighted by atomic mass is 10.1. The third kappa shape index (κ3) is 12.1. The van der Waals surface area contributed by atoms with E-state index in [1.165, 1.54) is 30.0 Å². The Hall–Kier alpha value is -2.96. The third-order valence-corrected chi connectivity index (χ3v) is 7.08. The Morgan fingerprint density at radius 2 is 1.21 bits per heavy atom. The van der Waals surface area contributed by atoms with Crippen LogP contribution in [0.15, 0.2) is 76.5 Å². The summed E-state index contributed by atoms with van der Waals surface area (Å²) in [5.74, 6) is 0. The van der Waals surface area contributed by atoms with Crippen molar-refractivity contribution in [2.75, 3.05) is 36.9 Å². The van der Waals surface area contributed by atoms with Gasteiger partial charge in [-0.15, -0.1) is 0 Å². The van der Waals surface area contributed by atoms with Gasteiger partial charge in [0.1, 0.15) is 0 Å². The fourth-order valence-electron chi connectivity index (χ4n) is 3.07. The standard InChI is InChI=1S/C13H22N2O.2C7H8O3S/c1-4-15(8-9-16-5-2)12-6-7-13(14)11(3)10-12;2*1-6-2-4-7(5-3-6)11(8,9)10/h6-7,10H,4-5,8-9,14H2,1-3H3;2*2-5H,1H3,(H,8,9,10). The Labute approximate surface area is 226 Å². The summed E-state index contributed by atoms with van der Waals surface area (Å²) in [7, 11) is -8.04. The van der Waals surface area contributed by atoms with Crippen molar-refractivity contribution in [1.82, 2.24) is 0 Å². The number of benzene rings is 3. The number of nitrogen functional groups attached to an aromatic ring is 1. The van der Waals surface area contributed by atoms with Gasteiger partial charge >= 0.3 is 0 Å². The maximum absolute atomic E-state index is 10.5. The maximum atomic E-state index is 10.5. The van der Waals surface area contributed by atoms with Crippen LogP contribution in [-0.2, 0) is 25.0 Å². The van der Waals surface area contributed by atoms with Crippen LogP contribution in [-0.4, -0.2) is 52.2 Å². The van der Waals surface area contributed by atoms with E-state index in [0.717, 1.165) is 48.7 Å². The van der Waals surface area contributed by atoms with E-state index in [1.807, 2.05) is 33.8 Å². The highest BCUT2D eigenvalue weighted by molar-refractivity contribution is 7.86. The van der Waals surface area contributed by atoms with Crippen molar-refractivity contribution in [3.8, 4) is 0 Å². The van der Waals surface area contributed by atoms with Crippen LogP contribution in [0.25, 0.3) is 0 Å². The minimum atomic E-state index is -4.02. The smallest absolute Gasteiger partial charge is 0.294 e. The minimum Gasteiger partial charge on any atom is -0.399 e. The van der Waals surface area contributed by atoms with Gasteiger partial charge in [0.05, 0.1) is 16.4 Å². The Kier molecular flexibility index (Phi) is 13.4. The highest BCUT2D eigenvalue weighted by Gasteiger charge is 2.08. The van der Waals surface area contributed by atoms with Gasteiger partial charge in [-0.25, -0.2) is 0 Å². The van der Waals surface area contributed by atoms with Gasteiger partial charge in [-0.3, -0.25) is 9.11 Å². The lowest BCUT2D eigenvalue weighted by Crippen LogP contribution is -2.27. The molecule has 210 valence electrons. The average molecular weight is 567 g/mol. The Morgan fingerprint density at radius 1 is 0.763 bits per heavy atom. The van der Waals surface area contributed by atoms with Gasteiger partial charge in [0.2, 0.25) is 0 Å². The number of nitrogens with two attached hydrogens (primary N) is 1. The monoisotopic (exact) mass is 566 g/mol. The molecule has 0 bridgehead atoms. The normalized spacial score (nSPS) is 11.0. The van der Waals surface area contributed by atoms with E-state index in [1.54, 1.807) is 24.3 Å². The molecule has 0 spiro atoms. The van der Waals surface area contributed by atoms with Crippen molar-refractivity contribution in [3.05, 3.63) is 83.4 Å². The van der Waals surface area contributed by atoms with Crippen LogP contribution in [0.1, 0.15) is 30.5 Å². The summed E-state index contributed by atoms with van der Waals surface area (Å²) in [6, 6.07) is 18.1. The number of aryl methyl sites for hydroxylation is 3. The lowest BCUT2D eigenvalue weighted by Gasteiger charge is -2.23. The molecule has 0 saturated heterocycles. The van der Waals surface area contributed by atoms with Crippen molar-refractivity contribution in [2.45, 2.75) is 44.4 Å². The van der Waals surface area contributed by atoms with Gasteiger partial charge in [-0.05, 0) is 82.6 Å². The second kappa shape index (κ2) is 15.5. The van der Waals surface area contributed by atoms with E-state index in [0.29, 0.717) is 0 Å². The molecule has 0 aromatic heterocycles. The number of rotatable bonds is 8. The van der Waals surface area contributed by atoms with E-state index in [9.17, 15) is 16.8 Å².